The zero-order valence-electron chi connectivity index (χ0n) is 27.3. The Morgan fingerprint density at radius 3 is 1.96 bits per heavy atom. The molecule has 0 spiro atoms. The van der Waals surface area contributed by atoms with Gasteiger partial charge < -0.3 is 52.2 Å². The SMILES string of the molecule is CC(C)CC(NC(=O)[C@H](Cc1ccccc1)NC(=O)COC[C@@H](CO)NC(=O)C(N)Cc1ccc(O)cc1)C(=O)N[C@H](C(=O)O)[C@@H](C)O. The van der Waals surface area contributed by atoms with Crippen LogP contribution in [0.3, 0.4) is 0 Å². The predicted molar refractivity (Wildman–Crippen MR) is 174 cm³/mol. The molecule has 0 heterocycles. The molecular formula is C33H47N5O10. The largest absolute Gasteiger partial charge is 0.508 e. The minimum atomic E-state index is -1.59. The van der Waals surface area contributed by atoms with Crippen LogP contribution < -0.4 is 27.0 Å². The van der Waals surface area contributed by atoms with Gasteiger partial charge in [-0.05, 0) is 48.9 Å². The van der Waals surface area contributed by atoms with Crippen molar-refractivity contribution in [2.24, 2.45) is 11.7 Å². The summed E-state index contributed by atoms with van der Waals surface area (Å²) in [7, 11) is 0. The highest BCUT2D eigenvalue weighted by molar-refractivity contribution is 5.93. The number of rotatable bonds is 20. The summed E-state index contributed by atoms with van der Waals surface area (Å²) in [6, 6.07) is 9.25. The van der Waals surface area contributed by atoms with E-state index in [0.717, 1.165) is 5.56 Å². The van der Waals surface area contributed by atoms with Gasteiger partial charge in [0.15, 0.2) is 6.04 Å². The first-order valence-electron chi connectivity index (χ1n) is 15.6. The standard InChI is InChI=1S/C33H47N5O10/c1-19(2)13-26(32(45)38-29(20(3)40)33(46)47)37-31(44)27(15-21-7-5-4-6-8-21)36-28(42)18-48-17-23(16-39)35-30(43)25(34)14-22-9-11-24(41)12-10-22/h4-12,19-20,23,25-27,29,39-41H,13-18,34H2,1-3H3,(H,35,43)(H,36,42)(H,37,44)(H,38,45)(H,46,47)/t20-,23-,25?,26?,27+,29+/m1/s1. The van der Waals surface area contributed by atoms with Gasteiger partial charge in [-0.25, -0.2) is 4.79 Å². The summed E-state index contributed by atoms with van der Waals surface area (Å²) in [4.78, 5) is 63.5. The maximum absolute atomic E-state index is 13.5. The highest BCUT2D eigenvalue weighted by Crippen LogP contribution is 2.12. The molecule has 0 saturated heterocycles. The third kappa shape index (κ3) is 14.0. The van der Waals surface area contributed by atoms with Crippen molar-refractivity contribution in [3.63, 3.8) is 0 Å². The molecule has 0 fully saturated rings. The van der Waals surface area contributed by atoms with Crippen LogP contribution in [0.15, 0.2) is 54.6 Å². The lowest BCUT2D eigenvalue weighted by Crippen LogP contribution is -2.58. The van der Waals surface area contributed by atoms with E-state index in [1.165, 1.54) is 19.1 Å². The van der Waals surface area contributed by atoms with Crippen molar-refractivity contribution in [2.45, 2.75) is 76.3 Å². The molecule has 0 aliphatic rings. The number of nitrogens with two attached hydrogens (primary N) is 1. The summed E-state index contributed by atoms with van der Waals surface area (Å²) in [6.45, 7) is 3.55. The van der Waals surface area contributed by atoms with Crippen molar-refractivity contribution < 1.29 is 49.1 Å². The Morgan fingerprint density at radius 2 is 1.40 bits per heavy atom. The number of phenolic OH excluding ortho intramolecular Hbond substituents is 1. The number of aliphatic carboxylic acids is 1. The van der Waals surface area contributed by atoms with Gasteiger partial charge in [0.25, 0.3) is 0 Å². The van der Waals surface area contributed by atoms with Gasteiger partial charge in [0.05, 0.1) is 31.4 Å². The van der Waals surface area contributed by atoms with Gasteiger partial charge >= 0.3 is 5.97 Å². The van der Waals surface area contributed by atoms with Crippen LogP contribution in [0.4, 0.5) is 0 Å². The van der Waals surface area contributed by atoms with Gasteiger partial charge in [0, 0.05) is 6.42 Å². The molecule has 0 bridgehead atoms. The third-order valence-corrected chi connectivity index (χ3v) is 7.17. The molecule has 4 amide bonds. The van der Waals surface area contributed by atoms with Crippen LogP contribution in [0.25, 0.3) is 0 Å². The summed E-state index contributed by atoms with van der Waals surface area (Å²) in [5.41, 5.74) is 7.41. The molecule has 0 aromatic heterocycles. The number of amides is 4. The Hall–Kier alpha value is -4.57. The lowest BCUT2D eigenvalue weighted by molar-refractivity contribution is -0.145. The molecule has 0 aliphatic carbocycles. The van der Waals surface area contributed by atoms with Gasteiger partial charge in [-0.15, -0.1) is 0 Å². The fourth-order valence-corrected chi connectivity index (χ4v) is 4.63. The molecule has 0 saturated carbocycles. The molecule has 15 nitrogen and oxygen atoms in total. The summed E-state index contributed by atoms with van der Waals surface area (Å²) in [5, 5.41) is 48.3. The first kappa shape index (κ1) is 39.6. The van der Waals surface area contributed by atoms with Crippen molar-refractivity contribution in [3.05, 3.63) is 65.7 Å². The summed E-state index contributed by atoms with van der Waals surface area (Å²) in [6.07, 6.45) is -1.02. The second-order valence-corrected chi connectivity index (χ2v) is 11.9. The number of phenols is 1. The molecule has 10 N–H and O–H groups in total. The topological polar surface area (TPSA) is 250 Å². The number of hydrogen-bond donors (Lipinski definition) is 9. The molecule has 48 heavy (non-hydrogen) atoms. The van der Waals surface area contributed by atoms with Gasteiger partial charge in [-0.2, -0.15) is 0 Å². The van der Waals surface area contributed by atoms with Crippen molar-refractivity contribution >= 4 is 29.6 Å². The van der Waals surface area contributed by atoms with E-state index >= 15 is 0 Å². The molecule has 0 radical (unpaired) electrons. The van der Waals surface area contributed by atoms with E-state index in [2.05, 4.69) is 21.3 Å². The quantitative estimate of drug-likeness (QED) is 0.0821. The van der Waals surface area contributed by atoms with Gasteiger partial charge in [0.2, 0.25) is 23.6 Å². The molecule has 264 valence electrons. The van der Waals surface area contributed by atoms with Crippen LogP contribution in [-0.4, -0.2) is 106 Å². The third-order valence-electron chi connectivity index (χ3n) is 7.17. The van der Waals surface area contributed by atoms with Crippen LogP contribution in [-0.2, 0) is 41.6 Å². The first-order valence-corrected chi connectivity index (χ1v) is 15.6. The van der Waals surface area contributed by atoms with Crippen LogP contribution in [0.5, 0.6) is 5.75 Å². The second-order valence-electron chi connectivity index (χ2n) is 11.9. The van der Waals surface area contributed by atoms with E-state index < -0.39 is 79.1 Å². The number of carboxylic acid groups (broad SMARTS) is 1. The average molecular weight is 674 g/mol. The van der Waals surface area contributed by atoms with Crippen LogP contribution in [0, 0.1) is 5.92 Å². The van der Waals surface area contributed by atoms with Crippen LogP contribution in [0.2, 0.25) is 0 Å². The lowest BCUT2D eigenvalue weighted by Gasteiger charge is -2.26. The van der Waals surface area contributed by atoms with E-state index in [0.29, 0.717) is 5.56 Å². The van der Waals surface area contributed by atoms with Gasteiger partial charge in [-0.3, -0.25) is 19.2 Å². The van der Waals surface area contributed by atoms with E-state index in [4.69, 9.17) is 10.5 Å². The fourth-order valence-electron chi connectivity index (χ4n) is 4.63. The van der Waals surface area contributed by atoms with Crippen molar-refractivity contribution in [1.29, 1.82) is 0 Å². The number of benzene rings is 2. The van der Waals surface area contributed by atoms with Gasteiger partial charge in [-0.1, -0.05) is 56.3 Å². The number of ether oxygens (including phenoxy) is 1. The number of carboxylic acids is 1. The first-order chi connectivity index (χ1) is 22.7. The zero-order valence-corrected chi connectivity index (χ0v) is 27.3. The molecule has 15 heteroatoms. The van der Waals surface area contributed by atoms with Crippen molar-refractivity contribution in [2.75, 3.05) is 19.8 Å². The van der Waals surface area contributed by atoms with E-state index in [1.54, 1.807) is 42.5 Å². The number of carbonyl (C=O) groups excluding carboxylic acids is 4. The predicted octanol–water partition coefficient (Wildman–Crippen LogP) is -1.04. The normalized spacial score (nSPS) is 14.9. The Morgan fingerprint density at radius 1 is 0.792 bits per heavy atom. The Bertz CT molecular complexity index is 1340. The number of hydrogen-bond acceptors (Lipinski definition) is 10. The van der Waals surface area contributed by atoms with Crippen molar-refractivity contribution in [3.8, 4) is 5.75 Å². The van der Waals surface area contributed by atoms with Gasteiger partial charge in [0.1, 0.15) is 24.4 Å². The minimum Gasteiger partial charge on any atom is -0.508 e. The highest BCUT2D eigenvalue weighted by Gasteiger charge is 2.32. The molecule has 2 aromatic carbocycles. The zero-order chi connectivity index (χ0) is 35.8. The molecular weight excluding hydrogens is 626 g/mol. The van der Waals surface area contributed by atoms with Crippen molar-refractivity contribution in [1.82, 2.24) is 21.3 Å². The second kappa shape index (κ2) is 19.9. The molecule has 2 rings (SSSR count). The van der Waals surface area contributed by atoms with E-state index in [1.807, 2.05) is 13.8 Å². The number of carbonyl (C=O) groups is 5. The summed E-state index contributed by atoms with van der Waals surface area (Å²) in [5.74, 6) is -4.22. The summed E-state index contributed by atoms with van der Waals surface area (Å²) >= 11 is 0. The number of aliphatic hydroxyl groups is 2. The van der Waals surface area contributed by atoms with Crippen LogP contribution in [0.1, 0.15) is 38.3 Å². The fraction of sp³-hybridized carbons (Fsp3) is 0.485. The molecule has 0 aliphatic heterocycles. The maximum Gasteiger partial charge on any atom is 0.328 e. The Kier molecular flexibility index (Phi) is 16.5. The van der Waals surface area contributed by atoms with E-state index in [-0.39, 0.29) is 37.5 Å². The van der Waals surface area contributed by atoms with Crippen LogP contribution >= 0.6 is 0 Å². The highest BCUT2D eigenvalue weighted by atomic mass is 16.5. The minimum absolute atomic E-state index is 0.0497. The Labute approximate surface area is 279 Å². The summed E-state index contributed by atoms with van der Waals surface area (Å²) < 4.78 is 5.42. The Balaban J connectivity index is 2.03. The maximum atomic E-state index is 13.5. The number of aromatic hydroxyl groups is 1. The monoisotopic (exact) mass is 673 g/mol. The molecule has 2 unspecified atom stereocenters. The average Bonchev–Trinajstić information content (AvgIpc) is 3.03. The molecule has 2 aromatic rings. The molecule has 6 atom stereocenters. The van der Waals surface area contributed by atoms with E-state index in [9.17, 15) is 44.4 Å². The smallest absolute Gasteiger partial charge is 0.328 e. The lowest BCUT2D eigenvalue weighted by atomic mass is 10.0. The number of aliphatic hydroxyl groups excluding tert-OH is 2. The number of nitrogens with one attached hydrogen (secondary N) is 4.